The van der Waals surface area contributed by atoms with Crippen LogP contribution in [0.25, 0.3) is 10.9 Å². The van der Waals surface area contributed by atoms with Crippen LogP contribution < -0.4 is 5.32 Å². The molecule has 1 atom stereocenters. The largest absolute Gasteiger partial charge is 0.467 e. The first-order valence-electron chi connectivity index (χ1n) is 8.95. The van der Waals surface area contributed by atoms with Gasteiger partial charge in [0, 0.05) is 10.9 Å². The van der Waals surface area contributed by atoms with E-state index in [0.29, 0.717) is 12.1 Å². The minimum Gasteiger partial charge on any atom is -0.467 e. The molecule has 1 amide bonds. The molecule has 0 saturated heterocycles. The molecule has 0 saturated carbocycles. The summed E-state index contributed by atoms with van der Waals surface area (Å²) in [6.07, 6.45) is 3.43. The second kappa shape index (κ2) is 7.11. The number of fused-ring (bicyclic) bond motifs is 1. The lowest BCUT2D eigenvalue weighted by Gasteiger charge is -2.12. The molecule has 0 radical (unpaired) electrons. The molecular weight excluding hydrogens is 338 g/mol. The molecule has 0 aliphatic rings. The lowest BCUT2D eigenvalue weighted by Crippen LogP contribution is -2.26. The number of hydrogen-bond donors (Lipinski definition) is 1. The molecule has 0 unspecified atom stereocenters. The summed E-state index contributed by atoms with van der Waals surface area (Å²) in [5, 5.41) is 8.47. The number of aromatic nitrogens is 2. The first-order valence-corrected chi connectivity index (χ1v) is 8.95. The zero-order valence-corrected chi connectivity index (χ0v) is 15.3. The third kappa shape index (κ3) is 3.62. The van der Waals surface area contributed by atoms with Gasteiger partial charge in [-0.1, -0.05) is 35.9 Å². The molecule has 2 aromatic carbocycles. The topological polar surface area (TPSA) is 60.1 Å². The number of nitrogens with zero attached hydrogens (tertiary/aromatic N) is 2. The summed E-state index contributed by atoms with van der Waals surface area (Å²) in [5.41, 5.74) is 3.95. The van der Waals surface area contributed by atoms with Crippen molar-refractivity contribution >= 4 is 16.8 Å². The molecule has 27 heavy (non-hydrogen) atoms. The first kappa shape index (κ1) is 17.1. The predicted molar refractivity (Wildman–Crippen MR) is 105 cm³/mol. The predicted octanol–water partition coefficient (Wildman–Crippen LogP) is 4.48. The van der Waals surface area contributed by atoms with Crippen molar-refractivity contribution in [1.29, 1.82) is 0 Å². The summed E-state index contributed by atoms with van der Waals surface area (Å²) in [7, 11) is 0. The van der Waals surface area contributed by atoms with E-state index in [1.54, 1.807) is 6.26 Å². The van der Waals surface area contributed by atoms with E-state index in [4.69, 9.17) is 4.42 Å². The van der Waals surface area contributed by atoms with Crippen LogP contribution in [0.2, 0.25) is 0 Å². The molecule has 0 fully saturated rings. The van der Waals surface area contributed by atoms with Crippen LogP contribution in [-0.4, -0.2) is 15.7 Å². The van der Waals surface area contributed by atoms with E-state index in [9.17, 15) is 4.79 Å². The van der Waals surface area contributed by atoms with Gasteiger partial charge in [-0.2, -0.15) is 5.10 Å². The highest BCUT2D eigenvalue weighted by atomic mass is 16.3. The van der Waals surface area contributed by atoms with Gasteiger partial charge in [0.2, 0.25) is 0 Å². The Morgan fingerprint density at radius 2 is 2.00 bits per heavy atom. The highest BCUT2D eigenvalue weighted by molar-refractivity contribution is 5.98. The van der Waals surface area contributed by atoms with Crippen molar-refractivity contribution in [2.24, 2.45) is 0 Å². The van der Waals surface area contributed by atoms with Gasteiger partial charge in [-0.3, -0.25) is 9.48 Å². The van der Waals surface area contributed by atoms with E-state index in [0.717, 1.165) is 16.7 Å². The van der Waals surface area contributed by atoms with Crippen LogP contribution in [-0.2, 0) is 6.54 Å². The molecule has 136 valence electrons. The van der Waals surface area contributed by atoms with Crippen molar-refractivity contribution in [2.45, 2.75) is 26.4 Å². The normalized spacial score (nSPS) is 12.2. The maximum absolute atomic E-state index is 12.6. The first-order chi connectivity index (χ1) is 13.1. The van der Waals surface area contributed by atoms with E-state index in [1.807, 2.05) is 48.1 Å². The van der Waals surface area contributed by atoms with Crippen LogP contribution in [0, 0.1) is 6.92 Å². The highest BCUT2D eigenvalue weighted by Crippen LogP contribution is 2.19. The van der Waals surface area contributed by atoms with Gasteiger partial charge in [0.05, 0.1) is 30.6 Å². The number of furan rings is 1. The van der Waals surface area contributed by atoms with Gasteiger partial charge in [0.1, 0.15) is 5.76 Å². The number of rotatable bonds is 5. The van der Waals surface area contributed by atoms with Gasteiger partial charge in [-0.15, -0.1) is 0 Å². The maximum Gasteiger partial charge on any atom is 0.251 e. The summed E-state index contributed by atoms with van der Waals surface area (Å²) in [4.78, 5) is 12.6. The number of aryl methyl sites for hydroxylation is 1. The van der Waals surface area contributed by atoms with Crippen LogP contribution >= 0.6 is 0 Å². The number of benzene rings is 2. The van der Waals surface area contributed by atoms with Crippen molar-refractivity contribution in [1.82, 2.24) is 15.1 Å². The fourth-order valence-electron chi connectivity index (χ4n) is 3.09. The number of carbonyl (C=O) groups excluding carboxylic acids is 1. The van der Waals surface area contributed by atoms with Crippen LogP contribution in [0.4, 0.5) is 0 Å². The summed E-state index contributed by atoms with van der Waals surface area (Å²) in [6.45, 7) is 4.64. The van der Waals surface area contributed by atoms with E-state index < -0.39 is 0 Å². The lowest BCUT2D eigenvalue weighted by molar-refractivity contribution is 0.0935. The fraction of sp³-hybridized carbons (Fsp3) is 0.182. The second-order valence-corrected chi connectivity index (χ2v) is 6.77. The van der Waals surface area contributed by atoms with Gasteiger partial charge in [0.15, 0.2) is 0 Å². The van der Waals surface area contributed by atoms with Crippen molar-refractivity contribution < 1.29 is 9.21 Å². The van der Waals surface area contributed by atoms with E-state index in [1.165, 1.54) is 11.1 Å². The number of carbonyl (C=O) groups is 1. The van der Waals surface area contributed by atoms with Crippen molar-refractivity contribution in [3.63, 3.8) is 0 Å². The zero-order chi connectivity index (χ0) is 18.8. The van der Waals surface area contributed by atoms with E-state index in [-0.39, 0.29) is 11.9 Å². The van der Waals surface area contributed by atoms with Crippen LogP contribution in [0.15, 0.2) is 71.5 Å². The van der Waals surface area contributed by atoms with Crippen LogP contribution in [0.1, 0.15) is 40.2 Å². The Labute approximate surface area is 157 Å². The van der Waals surface area contributed by atoms with Crippen molar-refractivity contribution in [2.75, 3.05) is 0 Å². The number of amides is 1. The summed E-state index contributed by atoms with van der Waals surface area (Å²) in [6, 6.07) is 17.5. The standard InChI is InChI=1S/C22H21N3O2/c1-15-5-7-17(8-6-15)14-25-20-12-18(9-10-19(20)13-23-25)22(26)24-16(2)21-4-3-11-27-21/h3-13,16H,14H2,1-2H3,(H,24,26)/t16-/m1/s1. The van der Waals surface area contributed by atoms with Gasteiger partial charge in [-0.05, 0) is 43.7 Å². The van der Waals surface area contributed by atoms with Crippen LogP contribution in [0.5, 0.6) is 0 Å². The minimum absolute atomic E-state index is 0.135. The van der Waals surface area contributed by atoms with Gasteiger partial charge in [0.25, 0.3) is 5.91 Å². The van der Waals surface area contributed by atoms with Gasteiger partial charge >= 0.3 is 0 Å². The Hall–Kier alpha value is -3.34. The molecule has 2 aromatic heterocycles. The third-order valence-electron chi connectivity index (χ3n) is 4.68. The SMILES string of the molecule is Cc1ccc(Cn2ncc3ccc(C(=O)N[C@H](C)c4ccco4)cc32)cc1. The van der Waals surface area contributed by atoms with Crippen molar-refractivity contribution in [3.05, 3.63) is 89.5 Å². The molecule has 5 nitrogen and oxygen atoms in total. The molecule has 1 N–H and O–H groups in total. The molecular formula is C22H21N3O2. The average molecular weight is 359 g/mol. The molecule has 0 aliphatic carbocycles. The fourth-order valence-corrected chi connectivity index (χ4v) is 3.09. The Kier molecular flexibility index (Phi) is 4.50. The average Bonchev–Trinajstić information content (AvgIpc) is 3.34. The Morgan fingerprint density at radius 1 is 1.19 bits per heavy atom. The summed E-state index contributed by atoms with van der Waals surface area (Å²) in [5.74, 6) is 0.595. The van der Waals surface area contributed by atoms with Gasteiger partial charge < -0.3 is 9.73 Å². The maximum atomic E-state index is 12.6. The number of hydrogen-bond acceptors (Lipinski definition) is 3. The molecule has 0 spiro atoms. The quantitative estimate of drug-likeness (QED) is 0.572. The molecule has 2 heterocycles. The highest BCUT2D eigenvalue weighted by Gasteiger charge is 2.15. The van der Waals surface area contributed by atoms with Crippen LogP contribution in [0.3, 0.4) is 0 Å². The Bertz CT molecular complexity index is 1060. The Morgan fingerprint density at radius 3 is 2.74 bits per heavy atom. The number of nitrogens with one attached hydrogen (secondary N) is 1. The molecule has 4 aromatic rings. The lowest BCUT2D eigenvalue weighted by atomic mass is 10.1. The second-order valence-electron chi connectivity index (χ2n) is 6.77. The summed E-state index contributed by atoms with van der Waals surface area (Å²) >= 11 is 0. The molecule has 0 aliphatic heterocycles. The van der Waals surface area contributed by atoms with E-state index in [2.05, 4.69) is 41.6 Å². The van der Waals surface area contributed by atoms with Crippen molar-refractivity contribution in [3.8, 4) is 0 Å². The molecule has 4 rings (SSSR count). The zero-order valence-electron chi connectivity index (χ0n) is 15.3. The molecule has 0 bridgehead atoms. The smallest absolute Gasteiger partial charge is 0.251 e. The molecule has 5 heteroatoms. The minimum atomic E-state index is -0.194. The monoisotopic (exact) mass is 359 g/mol. The van der Waals surface area contributed by atoms with Gasteiger partial charge in [-0.25, -0.2) is 0 Å². The summed E-state index contributed by atoms with van der Waals surface area (Å²) < 4.78 is 7.28. The third-order valence-corrected chi connectivity index (χ3v) is 4.68. The Balaban J connectivity index is 1.57. The van der Waals surface area contributed by atoms with E-state index >= 15 is 0 Å².